The van der Waals surface area contributed by atoms with Crippen molar-refractivity contribution in [1.29, 1.82) is 0 Å². The molecule has 4 aliphatic carbocycles. The van der Waals surface area contributed by atoms with Gasteiger partial charge in [0.2, 0.25) is 0 Å². The van der Waals surface area contributed by atoms with Crippen LogP contribution in [0, 0.1) is 52.3 Å². The Bertz CT molecular complexity index is 757. The minimum Gasteiger partial charge on any atom is -0.389 e. The third-order valence-corrected chi connectivity index (χ3v) is 10.1. The minimum absolute atomic E-state index is 0.0168. The fourth-order valence-electron chi connectivity index (χ4n) is 8.98. The van der Waals surface area contributed by atoms with E-state index in [9.17, 15) is 10.2 Å². The smallest absolute Gasteiger partial charge is 0.158 e. The maximum absolute atomic E-state index is 11.7. The summed E-state index contributed by atoms with van der Waals surface area (Å²) in [5.41, 5.74) is 0.946. The quantitative estimate of drug-likeness (QED) is 0.428. The average Bonchev–Trinajstić information content (AvgIpc) is 2.84. The van der Waals surface area contributed by atoms with Gasteiger partial charge in [-0.1, -0.05) is 53.2 Å². The zero-order chi connectivity index (χ0) is 22.6. The van der Waals surface area contributed by atoms with Crippen molar-refractivity contribution in [1.82, 2.24) is 0 Å². The van der Waals surface area contributed by atoms with Gasteiger partial charge in [-0.3, -0.25) is 0 Å². The van der Waals surface area contributed by atoms with Crippen molar-refractivity contribution in [2.24, 2.45) is 52.3 Å². The third kappa shape index (κ3) is 3.56. The molecule has 2 bridgehead atoms. The second kappa shape index (κ2) is 6.83. The highest BCUT2D eigenvalue weighted by Gasteiger charge is 2.66. The predicted octanol–water partition coefficient (Wildman–Crippen LogP) is 5.94. The largest absolute Gasteiger partial charge is 0.389 e. The summed E-state index contributed by atoms with van der Waals surface area (Å²) in [4.78, 5) is 0. The van der Waals surface area contributed by atoms with Crippen LogP contribution in [-0.2, 0) is 4.74 Å². The zero-order valence-corrected chi connectivity index (χ0v) is 20.9. The van der Waals surface area contributed by atoms with Crippen LogP contribution in [-0.4, -0.2) is 27.7 Å². The van der Waals surface area contributed by atoms with Crippen LogP contribution in [0.2, 0.25) is 0 Å². The molecule has 0 amide bonds. The molecule has 3 nitrogen and oxygen atoms in total. The summed E-state index contributed by atoms with van der Waals surface area (Å²) in [6.45, 7) is 15.8. The number of aliphatic hydroxyl groups is 2. The molecule has 0 spiro atoms. The molecule has 0 aromatic rings. The number of hydrogen-bond acceptors (Lipinski definition) is 3. The van der Waals surface area contributed by atoms with Crippen molar-refractivity contribution in [2.45, 2.75) is 111 Å². The molecule has 10 atom stereocenters. The van der Waals surface area contributed by atoms with Crippen LogP contribution in [0.5, 0.6) is 0 Å². The van der Waals surface area contributed by atoms with Gasteiger partial charge in [-0.05, 0) is 92.3 Å². The molecule has 9 unspecified atom stereocenters. The van der Waals surface area contributed by atoms with Crippen LogP contribution in [0.3, 0.4) is 0 Å². The molecule has 0 heterocycles. The Morgan fingerprint density at radius 2 is 1.77 bits per heavy atom. The fourth-order valence-corrected chi connectivity index (χ4v) is 8.98. The second-order valence-corrected chi connectivity index (χ2v) is 14.6. The number of allylic oxidation sites excluding steroid dienone is 1. The van der Waals surface area contributed by atoms with E-state index >= 15 is 0 Å². The highest BCUT2D eigenvalue weighted by atomic mass is 16.6. The molecule has 0 radical (unpaired) electrons. The van der Waals surface area contributed by atoms with Gasteiger partial charge in [-0.2, -0.15) is 0 Å². The summed E-state index contributed by atoms with van der Waals surface area (Å²) >= 11 is 0. The van der Waals surface area contributed by atoms with Crippen molar-refractivity contribution in [3.05, 3.63) is 11.6 Å². The van der Waals surface area contributed by atoms with Gasteiger partial charge in [-0.15, -0.1) is 0 Å². The van der Waals surface area contributed by atoms with E-state index < -0.39 is 11.9 Å². The Labute approximate surface area is 190 Å². The van der Waals surface area contributed by atoms with Crippen LogP contribution in [0.4, 0.5) is 0 Å². The van der Waals surface area contributed by atoms with E-state index in [1.807, 2.05) is 0 Å². The van der Waals surface area contributed by atoms with E-state index in [0.29, 0.717) is 35.5 Å². The van der Waals surface area contributed by atoms with Crippen molar-refractivity contribution in [3.8, 4) is 0 Å². The van der Waals surface area contributed by atoms with E-state index in [2.05, 4.69) is 54.5 Å². The van der Waals surface area contributed by atoms with Crippen molar-refractivity contribution in [3.63, 3.8) is 0 Å². The lowest BCUT2D eigenvalue weighted by Gasteiger charge is -2.56. The van der Waals surface area contributed by atoms with Crippen LogP contribution >= 0.6 is 0 Å². The Balaban J connectivity index is 1.48. The van der Waals surface area contributed by atoms with Gasteiger partial charge in [0.05, 0.1) is 11.2 Å². The molecule has 0 aliphatic heterocycles. The normalized spacial score (nSPS) is 47.8. The molecule has 31 heavy (non-hydrogen) atoms. The van der Waals surface area contributed by atoms with Crippen molar-refractivity contribution < 1.29 is 14.9 Å². The van der Waals surface area contributed by atoms with Gasteiger partial charge in [0.15, 0.2) is 6.29 Å². The lowest BCUT2D eigenvalue weighted by Crippen LogP contribution is -2.57. The standard InChI is InChI=1S/C28H46O3/c1-25(2,3)15-22(26(4,5)6)24(29)31-27(7)9-8-17-12-21-19-11-16-10-18(23(19)27)20(17)14-28(21,30)13-16/h12,16,18-24,29-30H,8-11,13-15H2,1-7H3/t16?,18?,19?,20-,21?,22?,23?,24?,27?,28?/m0/s1. The minimum atomic E-state index is -0.743. The molecule has 4 rings (SSSR count). The first-order valence-corrected chi connectivity index (χ1v) is 13.0. The molecule has 2 N–H and O–H groups in total. The summed E-state index contributed by atoms with van der Waals surface area (Å²) in [5, 5.41) is 23.2. The van der Waals surface area contributed by atoms with Crippen LogP contribution in [0.15, 0.2) is 11.6 Å². The Hall–Kier alpha value is -0.380. The summed E-state index contributed by atoms with van der Waals surface area (Å²) in [6.07, 6.45) is 9.27. The SMILES string of the molecule is CC(C)(C)CC(C(O)OC1(C)CCC2=CC3C4CC5CC(C41)[C@H]2CC3(O)C5)C(C)(C)C. The number of ether oxygens (including phenoxy) is 1. The lowest BCUT2D eigenvalue weighted by atomic mass is 9.53. The summed E-state index contributed by atoms with van der Waals surface area (Å²) in [6, 6.07) is 0. The molecule has 4 aliphatic rings. The number of aliphatic hydroxyl groups excluding tert-OH is 1. The van der Waals surface area contributed by atoms with Crippen molar-refractivity contribution >= 4 is 0 Å². The summed E-state index contributed by atoms with van der Waals surface area (Å²) in [5.74, 6) is 3.20. The molecular formula is C28H46O3. The van der Waals surface area contributed by atoms with Gasteiger partial charge in [-0.25, -0.2) is 0 Å². The second-order valence-electron chi connectivity index (χ2n) is 14.6. The van der Waals surface area contributed by atoms with Crippen molar-refractivity contribution in [2.75, 3.05) is 0 Å². The monoisotopic (exact) mass is 430 g/mol. The molecule has 3 heteroatoms. The van der Waals surface area contributed by atoms with Gasteiger partial charge in [0.25, 0.3) is 0 Å². The highest BCUT2D eigenvalue weighted by molar-refractivity contribution is 5.30. The van der Waals surface area contributed by atoms with Gasteiger partial charge >= 0.3 is 0 Å². The molecular weight excluding hydrogens is 384 g/mol. The molecule has 3 saturated carbocycles. The van der Waals surface area contributed by atoms with E-state index in [0.717, 1.165) is 32.1 Å². The Morgan fingerprint density at radius 1 is 1.10 bits per heavy atom. The summed E-state index contributed by atoms with van der Waals surface area (Å²) < 4.78 is 6.87. The van der Waals surface area contributed by atoms with E-state index in [1.54, 1.807) is 5.57 Å². The maximum atomic E-state index is 11.7. The molecule has 0 saturated heterocycles. The average molecular weight is 431 g/mol. The maximum Gasteiger partial charge on any atom is 0.158 e. The van der Waals surface area contributed by atoms with Gasteiger partial charge < -0.3 is 14.9 Å². The fraction of sp³-hybridized carbons (Fsp3) is 0.929. The molecule has 176 valence electrons. The predicted molar refractivity (Wildman–Crippen MR) is 124 cm³/mol. The highest BCUT2D eigenvalue weighted by Crippen LogP contribution is 2.68. The van der Waals surface area contributed by atoms with Crippen LogP contribution in [0.1, 0.15) is 93.4 Å². The third-order valence-electron chi connectivity index (χ3n) is 10.1. The van der Waals surface area contributed by atoms with Gasteiger partial charge in [0, 0.05) is 11.8 Å². The zero-order valence-electron chi connectivity index (χ0n) is 20.9. The molecule has 0 aromatic heterocycles. The van der Waals surface area contributed by atoms with E-state index in [-0.39, 0.29) is 22.3 Å². The van der Waals surface area contributed by atoms with E-state index in [4.69, 9.17) is 4.74 Å². The van der Waals surface area contributed by atoms with Gasteiger partial charge in [0.1, 0.15) is 0 Å². The Kier molecular flexibility index (Phi) is 4.94. The Morgan fingerprint density at radius 3 is 2.42 bits per heavy atom. The number of rotatable bonds is 4. The first kappa shape index (κ1) is 22.4. The lowest BCUT2D eigenvalue weighted by molar-refractivity contribution is -0.259. The van der Waals surface area contributed by atoms with E-state index in [1.165, 1.54) is 12.8 Å². The van der Waals surface area contributed by atoms with Crippen LogP contribution in [0.25, 0.3) is 0 Å². The molecule has 3 fully saturated rings. The van der Waals surface area contributed by atoms with Crippen LogP contribution < -0.4 is 0 Å². The number of hydrogen-bond donors (Lipinski definition) is 2. The molecule has 0 aromatic carbocycles. The summed E-state index contributed by atoms with van der Waals surface area (Å²) in [7, 11) is 0. The topological polar surface area (TPSA) is 49.7 Å². The number of fused-ring (bicyclic) bond motifs is 8. The first-order chi connectivity index (χ1) is 14.2. The first-order valence-electron chi connectivity index (χ1n) is 13.0.